The molecule has 1 aromatic rings. The molecule has 0 aliphatic rings. The van der Waals surface area contributed by atoms with E-state index < -0.39 is 18.8 Å². The number of halogens is 2. The van der Waals surface area contributed by atoms with Crippen LogP contribution in [0.4, 0.5) is 8.78 Å². The second-order valence-electron chi connectivity index (χ2n) is 3.20. The number of hydrogen-bond donors (Lipinski definition) is 1. The van der Waals surface area contributed by atoms with Crippen LogP contribution in [0.3, 0.4) is 0 Å². The van der Waals surface area contributed by atoms with Crippen molar-refractivity contribution in [2.24, 2.45) is 0 Å². The largest absolute Gasteiger partial charge is 0.481 e. The highest BCUT2D eigenvalue weighted by molar-refractivity contribution is 5.71. The van der Waals surface area contributed by atoms with Crippen LogP contribution >= 0.6 is 0 Å². The van der Waals surface area contributed by atoms with Gasteiger partial charge in [0.25, 0.3) is 6.43 Å². The number of ether oxygens (including phenoxy) is 1. The van der Waals surface area contributed by atoms with Crippen LogP contribution in [0.25, 0.3) is 0 Å². The van der Waals surface area contributed by atoms with Gasteiger partial charge in [-0.1, -0.05) is 0 Å². The zero-order chi connectivity index (χ0) is 12.3. The third-order valence-corrected chi connectivity index (χ3v) is 2.20. The minimum atomic E-state index is -2.74. The van der Waals surface area contributed by atoms with Crippen LogP contribution in [-0.2, 0) is 11.2 Å². The van der Waals surface area contributed by atoms with Gasteiger partial charge in [0.2, 0.25) is 5.88 Å². The van der Waals surface area contributed by atoms with Crippen molar-refractivity contribution in [3.8, 4) is 5.88 Å². The summed E-state index contributed by atoms with van der Waals surface area (Å²) in [6.07, 6.45) is -2.26. The summed E-state index contributed by atoms with van der Waals surface area (Å²) in [5.74, 6) is -1.00. The fourth-order valence-corrected chi connectivity index (χ4v) is 1.43. The summed E-state index contributed by atoms with van der Waals surface area (Å²) in [5.41, 5.74) is 0.0396. The number of aromatic nitrogens is 1. The number of carbonyl (C=O) groups is 1. The molecule has 0 bridgehead atoms. The van der Waals surface area contributed by atoms with E-state index >= 15 is 0 Å². The number of carboxylic acid groups (broad SMARTS) is 1. The summed E-state index contributed by atoms with van der Waals surface area (Å²) in [7, 11) is 1.35. The van der Waals surface area contributed by atoms with Crippen molar-refractivity contribution < 1.29 is 23.4 Å². The SMILES string of the molecule is COc1ncc(C(F)F)c(CC(=O)O)c1C. The smallest absolute Gasteiger partial charge is 0.307 e. The van der Waals surface area contributed by atoms with Crippen LogP contribution in [0.1, 0.15) is 23.1 Å². The third kappa shape index (κ3) is 2.44. The zero-order valence-corrected chi connectivity index (χ0v) is 8.83. The van der Waals surface area contributed by atoms with Crippen molar-refractivity contribution in [3.05, 3.63) is 22.9 Å². The topological polar surface area (TPSA) is 59.4 Å². The lowest BCUT2D eigenvalue weighted by atomic mass is 10.0. The number of pyridine rings is 1. The van der Waals surface area contributed by atoms with E-state index in [2.05, 4.69) is 4.98 Å². The number of hydrogen-bond acceptors (Lipinski definition) is 3. The molecule has 0 radical (unpaired) electrons. The van der Waals surface area contributed by atoms with Gasteiger partial charge in [-0.15, -0.1) is 0 Å². The first-order chi connectivity index (χ1) is 7.47. The lowest BCUT2D eigenvalue weighted by molar-refractivity contribution is -0.136. The zero-order valence-electron chi connectivity index (χ0n) is 8.83. The van der Waals surface area contributed by atoms with Gasteiger partial charge in [-0.3, -0.25) is 4.79 Å². The van der Waals surface area contributed by atoms with Crippen LogP contribution in [-0.4, -0.2) is 23.2 Å². The van der Waals surface area contributed by atoms with Gasteiger partial charge in [-0.25, -0.2) is 13.8 Å². The highest BCUT2D eigenvalue weighted by Crippen LogP contribution is 2.29. The Morgan fingerprint density at radius 2 is 2.25 bits per heavy atom. The van der Waals surface area contributed by atoms with Crippen LogP contribution in [0, 0.1) is 6.92 Å². The molecule has 1 N–H and O–H groups in total. The Kier molecular flexibility index (Phi) is 3.76. The predicted molar refractivity (Wildman–Crippen MR) is 51.8 cm³/mol. The van der Waals surface area contributed by atoms with E-state index in [1.54, 1.807) is 0 Å². The molecule has 6 heteroatoms. The van der Waals surface area contributed by atoms with E-state index in [-0.39, 0.29) is 17.0 Å². The lowest BCUT2D eigenvalue weighted by Crippen LogP contribution is -2.08. The first-order valence-corrected chi connectivity index (χ1v) is 4.49. The molecular formula is C10H11F2NO3. The van der Waals surface area contributed by atoms with Gasteiger partial charge in [-0.05, 0) is 12.5 Å². The number of alkyl halides is 2. The quantitative estimate of drug-likeness (QED) is 0.860. The molecule has 0 aromatic carbocycles. The van der Waals surface area contributed by atoms with Crippen molar-refractivity contribution in [3.63, 3.8) is 0 Å². The Morgan fingerprint density at radius 1 is 1.62 bits per heavy atom. The molecule has 0 spiro atoms. The van der Waals surface area contributed by atoms with Crippen LogP contribution in [0.2, 0.25) is 0 Å². The summed E-state index contributed by atoms with van der Waals surface area (Å²) < 4.78 is 30.1. The Morgan fingerprint density at radius 3 is 2.69 bits per heavy atom. The van der Waals surface area contributed by atoms with Gasteiger partial charge < -0.3 is 9.84 Å². The maximum Gasteiger partial charge on any atom is 0.307 e. The number of rotatable bonds is 4. The summed E-state index contributed by atoms with van der Waals surface area (Å²) in [4.78, 5) is 14.3. The van der Waals surface area contributed by atoms with E-state index in [0.717, 1.165) is 6.20 Å². The Bertz CT molecular complexity index is 407. The Balaban J connectivity index is 3.30. The van der Waals surface area contributed by atoms with Crippen molar-refractivity contribution >= 4 is 5.97 Å². The summed E-state index contributed by atoms with van der Waals surface area (Å²) in [6, 6.07) is 0. The van der Waals surface area contributed by atoms with E-state index in [0.29, 0.717) is 5.56 Å². The highest BCUT2D eigenvalue weighted by atomic mass is 19.3. The molecule has 4 nitrogen and oxygen atoms in total. The van der Waals surface area contributed by atoms with Gasteiger partial charge in [0.1, 0.15) is 0 Å². The lowest BCUT2D eigenvalue weighted by Gasteiger charge is -2.12. The normalized spacial score (nSPS) is 10.6. The first kappa shape index (κ1) is 12.4. The standard InChI is InChI=1S/C10H11F2NO3/c1-5-6(3-8(14)15)7(9(11)12)4-13-10(5)16-2/h4,9H,3H2,1-2H3,(H,14,15). The average molecular weight is 231 g/mol. The van der Waals surface area contributed by atoms with Crippen LogP contribution in [0.5, 0.6) is 5.88 Å². The predicted octanol–water partition coefficient (Wildman–Crippen LogP) is 1.96. The fourth-order valence-electron chi connectivity index (χ4n) is 1.43. The molecule has 88 valence electrons. The second-order valence-corrected chi connectivity index (χ2v) is 3.20. The van der Waals surface area contributed by atoms with Crippen molar-refractivity contribution in [2.45, 2.75) is 19.8 Å². The van der Waals surface area contributed by atoms with Crippen LogP contribution in [0.15, 0.2) is 6.20 Å². The van der Waals surface area contributed by atoms with E-state index in [9.17, 15) is 13.6 Å². The maximum atomic E-state index is 12.6. The molecule has 0 amide bonds. The number of nitrogens with zero attached hydrogens (tertiary/aromatic N) is 1. The van der Waals surface area contributed by atoms with E-state index in [1.165, 1.54) is 14.0 Å². The Hall–Kier alpha value is -1.72. The second kappa shape index (κ2) is 4.87. The van der Waals surface area contributed by atoms with Crippen LogP contribution < -0.4 is 4.74 Å². The molecule has 16 heavy (non-hydrogen) atoms. The number of aliphatic carboxylic acids is 1. The van der Waals surface area contributed by atoms with Gasteiger partial charge in [0.05, 0.1) is 13.5 Å². The number of methoxy groups -OCH3 is 1. The van der Waals surface area contributed by atoms with Crippen molar-refractivity contribution in [2.75, 3.05) is 7.11 Å². The summed E-state index contributed by atoms with van der Waals surface area (Å²) in [5, 5.41) is 8.66. The van der Waals surface area contributed by atoms with Gasteiger partial charge in [0, 0.05) is 17.3 Å². The van der Waals surface area contributed by atoms with Gasteiger partial charge in [0.15, 0.2) is 0 Å². The number of carboxylic acids is 1. The van der Waals surface area contributed by atoms with Gasteiger partial charge in [-0.2, -0.15) is 0 Å². The van der Waals surface area contributed by atoms with E-state index in [1.807, 2.05) is 0 Å². The van der Waals surface area contributed by atoms with E-state index in [4.69, 9.17) is 9.84 Å². The molecule has 0 unspecified atom stereocenters. The minimum absolute atomic E-state index is 0.0642. The summed E-state index contributed by atoms with van der Waals surface area (Å²) in [6.45, 7) is 1.51. The van der Waals surface area contributed by atoms with Gasteiger partial charge >= 0.3 is 5.97 Å². The first-order valence-electron chi connectivity index (χ1n) is 4.49. The Labute approximate surface area is 90.9 Å². The monoisotopic (exact) mass is 231 g/mol. The molecule has 0 aliphatic heterocycles. The molecule has 1 rings (SSSR count). The van der Waals surface area contributed by atoms with Crippen molar-refractivity contribution in [1.29, 1.82) is 0 Å². The average Bonchev–Trinajstić information content (AvgIpc) is 2.19. The molecule has 0 saturated carbocycles. The summed E-state index contributed by atoms with van der Waals surface area (Å²) >= 11 is 0. The van der Waals surface area contributed by atoms with Crippen molar-refractivity contribution in [1.82, 2.24) is 4.98 Å². The molecule has 0 fully saturated rings. The fraction of sp³-hybridized carbons (Fsp3) is 0.400. The third-order valence-electron chi connectivity index (χ3n) is 2.20. The molecule has 0 saturated heterocycles. The highest BCUT2D eigenvalue weighted by Gasteiger charge is 2.20. The molecule has 1 aromatic heterocycles. The minimum Gasteiger partial charge on any atom is -0.481 e. The molecular weight excluding hydrogens is 220 g/mol. The molecule has 0 atom stereocenters. The molecule has 1 heterocycles. The molecule has 0 aliphatic carbocycles. The maximum absolute atomic E-state index is 12.6.